The van der Waals surface area contributed by atoms with Crippen LogP contribution < -0.4 is 5.32 Å². The first-order valence-electron chi connectivity index (χ1n) is 11.2. The summed E-state index contributed by atoms with van der Waals surface area (Å²) in [7, 11) is 0. The molecule has 33 heavy (non-hydrogen) atoms. The molecule has 1 N–H and O–H groups in total. The summed E-state index contributed by atoms with van der Waals surface area (Å²) in [5.41, 5.74) is 3.24. The van der Waals surface area contributed by atoms with Gasteiger partial charge >= 0.3 is 0 Å². The number of amides is 1. The lowest BCUT2D eigenvalue weighted by molar-refractivity contribution is -0.121. The van der Waals surface area contributed by atoms with Gasteiger partial charge in [0.05, 0.1) is 6.04 Å². The van der Waals surface area contributed by atoms with Crippen LogP contribution in [0.1, 0.15) is 42.3 Å². The molecular formula is C27H28N4OS. The number of carbonyl (C=O) groups is 1. The number of nitrogens with zero attached hydrogens (tertiary/aromatic N) is 3. The van der Waals surface area contributed by atoms with Crippen molar-refractivity contribution in [3.05, 3.63) is 108 Å². The van der Waals surface area contributed by atoms with Crippen LogP contribution in [0.25, 0.3) is 5.69 Å². The second kappa shape index (κ2) is 11.5. The number of aromatic nitrogens is 3. The molecule has 0 unspecified atom stereocenters. The topological polar surface area (TPSA) is 59.8 Å². The van der Waals surface area contributed by atoms with Crippen molar-refractivity contribution in [3.8, 4) is 5.69 Å². The van der Waals surface area contributed by atoms with Gasteiger partial charge in [0.1, 0.15) is 5.82 Å². The minimum Gasteiger partial charge on any atom is -0.345 e. The second-order valence-electron chi connectivity index (χ2n) is 7.83. The number of rotatable bonds is 10. The summed E-state index contributed by atoms with van der Waals surface area (Å²) >= 11 is 1.68. The highest BCUT2D eigenvalue weighted by Gasteiger charge is 2.16. The smallest absolute Gasteiger partial charge is 0.220 e. The van der Waals surface area contributed by atoms with Crippen molar-refractivity contribution in [1.82, 2.24) is 20.1 Å². The maximum atomic E-state index is 12.7. The van der Waals surface area contributed by atoms with E-state index in [1.165, 1.54) is 0 Å². The molecule has 0 spiro atoms. The number of aryl methyl sites for hydroxylation is 1. The fraction of sp³-hybridized carbons (Fsp3) is 0.222. The summed E-state index contributed by atoms with van der Waals surface area (Å²) < 4.78 is 2.07. The minimum atomic E-state index is -0.137. The number of nitrogens with one attached hydrogen (secondary N) is 1. The van der Waals surface area contributed by atoms with Gasteiger partial charge in [0.2, 0.25) is 5.91 Å². The van der Waals surface area contributed by atoms with Crippen LogP contribution in [0.4, 0.5) is 0 Å². The van der Waals surface area contributed by atoms with Crippen molar-refractivity contribution in [2.75, 3.05) is 5.75 Å². The number of carbonyl (C=O) groups excluding carboxylic acids is 1. The van der Waals surface area contributed by atoms with Crippen molar-refractivity contribution in [3.63, 3.8) is 0 Å². The molecule has 0 radical (unpaired) electrons. The molecule has 1 heterocycles. The molecule has 0 atom stereocenters. The van der Waals surface area contributed by atoms with Crippen LogP contribution in [-0.2, 0) is 4.79 Å². The van der Waals surface area contributed by atoms with Crippen LogP contribution in [0.2, 0.25) is 0 Å². The Morgan fingerprint density at radius 2 is 1.42 bits per heavy atom. The second-order valence-corrected chi connectivity index (χ2v) is 8.89. The third-order valence-electron chi connectivity index (χ3n) is 5.41. The molecule has 0 fully saturated rings. The number of hydrogen-bond acceptors (Lipinski definition) is 4. The monoisotopic (exact) mass is 456 g/mol. The Bertz CT molecular complexity index is 1110. The number of benzene rings is 3. The van der Waals surface area contributed by atoms with Crippen LogP contribution in [-0.4, -0.2) is 26.4 Å². The Hall–Kier alpha value is -3.38. The predicted octanol–water partition coefficient (Wildman–Crippen LogP) is 5.74. The molecule has 0 saturated heterocycles. The van der Waals surface area contributed by atoms with Gasteiger partial charge in [0, 0.05) is 17.9 Å². The fourth-order valence-electron chi connectivity index (χ4n) is 3.75. The highest BCUT2D eigenvalue weighted by Crippen LogP contribution is 2.24. The van der Waals surface area contributed by atoms with Crippen LogP contribution in [0.5, 0.6) is 0 Å². The Morgan fingerprint density at radius 3 is 2.03 bits per heavy atom. The van der Waals surface area contributed by atoms with E-state index in [2.05, 4.69) is 56.5 Å². The Balaban J connectivity index is 1.29. The average Bonchev–Trinajstić information content (AvgIpc) is 3.24. The third kappa shape index (κ3) is 6.11. The first kappa shape index (κ1) is 22.8. The Labute approximate surface area is 199 Å². The van der Waals surface area contributed by atoms with E-state index in [1.54, 1.807) is 11.8 Å². The molecule has 4 rings (SSSR count). The average molecular weight is 457 g/mol. The number of unbranched alkanes of at least 4 members (excludes halogenated alkanes) is 1. The molecule has 0 bridgehead atoms. The van der Waals surface area contributed by atoms with Crippen molar-refractivity contribution in [2.24, 2.45) is 0 Å². The van der Waals surface area contributed by atoms with E-state index in [0.717, 1.165) is 46.4 Å². The molecule has 0 aliphatic rings. The van der Waals surface area contributed by atoms with Gasteiger partial charge in [-0.25, -0.2) is 0 Å². The van der Waals surface area contributed by atoms with Crippen molar-refractivity contribution >= 4 is 17.7 Å². The molecule has 168 valence electrons. The SMILES string of the molecule is Cc1nnc(SCCCCC(=O)NC(c2ccccc2)c2ccccc2)n1-c1ccccc1. The maximum absolute atomic E-state index is 12.7. The third-order valence-corrected chi connectivity index (χ3v) is 6.43. The van der Waals surface area contributed by atoms with Crippen molar-refractivity contribution in [2.45, 2.75) is 37.4 Å². The molecule has 5 nitrogen and oxygen atoms in total. The quantitative estimate of drug-likeness (QED) is 0.244. The lowest BCUT2D eigenvalue weighted by atomic mass is 9.98. The summed E-state index contributed by atoms with van der Waals surface area (Å²) in [6.07, 6.45) is 2.26. The molecule has 0 saturated carbocycles. The van der Waals surface area contributed by atoms with Crippen molar-refractivity contribution in [1.29, 1.82) is 0 Å². The van der Waals surface area contributed by atoms with Crippen LogP contribution in [0.15, 0.2) is 96.2 Å². The highest BCUT2D eigenvalue weighted by molar-refractivity contribution is 7.99. The molecule has 3 aromatic carbocycles. The van der Waals surface area contributed by atoms with E-state index in [9.17, 15) is 4.79 Å². The van der Waals surface area contributed by atoms with Crippen LogP contribution >= 0.6 is 11.8 Å². The Morgan fingerprint density at radius 1 is 0.848 bits per heavy atom. The molecule has 1 amide bonds. The summed E-state index contributed by atoms with van der Waals surface area (Å²) in [4.78, 5) is 12.7. The lowest BCUT2D eigenvalue weighted by Gasteiger charge is -2.20. The van der Waals surface area contributed by atoms with Gasteiger partial charge in [-0.15, -0.1) is 10.2 Å². The van der Waals surface area contributed by atoms with Crippen LogP contribution in [0.3, 0.4) is 0 Å². The normalized spacial score (nSPS) is 11.0. The number of thioether (sulfide) groups is 1. The predicted molar refractivity (Wildman–Crippen MR) is 134 cm³/mol. The molecule has 0 aliphatic carbocycles. The van der Waals surface area contributed by atoms with Gasteiger partial charge in [0.15, 0.2) is 5.16 Å². The minimum absolute atomic E-state index is 0.0704. The van der Waals surface area contributed by atoms with E-state index in [-0.39, 0.29) is 11.9 Å². The summed E-state index contributed by atoms with van der Waals surface area (Å²) in [6.45, 7) is 1.96. The lowest BCUT2D eigenvalue weighted by Crippen LogP contribution is -2.29. The first-order chi connectivity index (χ1) is 16.2. The molecule has 6 heteroatoms. The van der Waals surface area contributed by atoms with E-state index < -0.39 is 0 Å². The van der Waals surface area contributed by atoms with Gasteiger partial charge < -0.3 is 5.32 Å². The van der Waals surface area contributed by atoms with Crippen molar-refractivity contribution < 1.29 is 4.79 Å². The zero-order valence-electron chi connectivity index (χ0n) is 18.7. The van der Waals surface area contributed by atoms with Gasteiger partial charge in [-0.2, -0.15) is 0 Å². The van der Waals surface area contributed by atoms with Gasteiger partial charge in [-0.3, -0.25) is 9.36 Å². The van der Waals surface area contributed by atoms with Gasteiger partial charge in [-0.1, -0.05) is 90.6 Å². The van der Waals surface area contributed by atoms with Gasteiger partial charge in [0.25, 0.3) is 0 Å². The highest BCUT2D eigenvalue weighted by atomic mass is 32.2. The summed E-state index contributed by atoms with van der Waals surface area (Å²) in [5.74, 6) is 1.83. The van der Waals surface area contributed by atoms with E-state index >= 15 is 0 Å². The summed E-state index contributed by atoms with van der Waals surface area (Å²) in [5, 5.41) is 12.7. The largest absolute Gasteiger partial charge is 0.345 e. The molecular weight excluding hydrogens is 428 g/mol. The van der Waals surface area contributed by atoms with E-state index in [1.807, 2.05) is 61.5 Å². The van der Waals surface area contributed by atoms with E-state index in [0.29, 0.717) is 6.42 Å². The van der Waals surface area contributed by atoms with Crippen LogP contribution in [0, 0.1) is 6.92 Å². The van der Waals surface area contributed by atoms with Gasteiger partial charge in [-0.05, 0) is 43.0 Å². The van der Waals surface area contributed by atoms with E-state index in [4.69, 9.17) is 0 Å². The fourth-order valence-corrected chi connectivity index (χ4v) is 4.74. The molecule has 1 aromatic heterocycles. The zero-order chi connectivity index (χ0) is 22.9. The molecule has 0 aliphatic heterocycles. The zero-order valence-corrected chi connectivity index (χ0v) is 19.5. The number of hydrogen-bond donors (Lipinski definition) is 1. The Kier molecular flexibility index (Phi) is 7.93. The standard InChI is InChI=1S/C27H28N4OS/c1-21-29-30-27(31(21)24-17-9-4-10-18-24)33-20-12-11-19-25(32)28-26(22-13-5-2-6-14-22)23-15-7-3-8-16-23/h2-10,13-18,26H,11-12,19-20H2,1H3,(H,28,32). The first-order valence-corrected chi connectivity index (χ1v) is 12.2. The maximum Gasteiger partial charge on any atom is 0.220 e. The molecule has 4 aromatic rings. The number of para-hydroxylation sites is 1. The summed E-state index contributed by atoms with van der Waals surface area (Å²) in [6, 6.07) is 30.2.